The van der Waals surface area contributed by atoms with Crippen LogP contribution in [0.5, 0.6) is 0 Å². The molecule has 0 atom stereocenters. The highest BCUT2D eigenvalue weighted by molar-refractivity contribution is 6.31. The summed E-state index contributed by atoms with van der Waals surface area (Å²) in [6, 6.07) is 5.66. The van der Waals surface area contributed by atoms with E-state index in [1.165, 1.54) is 12.4 Å². The number of rotatable bonds is 6. The van der Waals surface area contributed by atoms with E-state index in [1.807, 2.05) is 25.1 Å². The summed E-state index contributed by atoms with van der Waals surface area (Å²) in [4.78, 5) is 20.3. The minimum absolute atomic E-state index is 0.205. The van der Waals surface area contributed by atoms with E-state index in [0.29, 0.717) is 29.0 Å². The van der Waals surface area contributed by atoms with E-state index < -0.39 is 0 Å². The van der Waals surface area contributed by atoms with Crippen molar-refractivity contribution in [1.82, 2.24) is 15.3 Å². The Morgan fingerprint density at radius 1 is 1.26 bits per heavy atom. The largest absolute Gasteiger partial charge is 0.351 e. The summed E-state index contributed by atoms with van der Waals surface area (Å²) in [5.41, 5.74) is 2.14. The van der Waals surface area contributed by atoms with Crippen LogP contribution in [0.25, 0.3) is 0 Å². The third-order valence-electron chi connectivity index (χ3n) is 3.34. The van der Waals surface area contributed by atoms with Crippen LogP contribution in [0.4, 0.5) is 11.5 Å². The van der Waals surface area contributed by atoms with Crippen molar-refractivity contribution in [3.8, 4) is 0 Å². The van der Waals surface area contributed by atoms with Crippen LogP contribution in [0.1, 0.15) is 36.3 Å². The van der Waals surface area contributed by atoms with E-state index in [-0.39, 0.29) is 5.91 Å². The van der Waals surface area contributed by atoms with Crippen molar-refractivity contribution in [2.75, 3.05) is 11.9 Å². The quantitative estimate of drug-likeness (QED) is 0.840. The van der Waals surface area contributed by atoms with Crippen molar-refractivity contribution < 1.29 is 4.79 Å². The van der Waals surface area contributed by atoms with Crippen molar-refractivity contribution in [3.63, 3.8) is 0 Å². The summed E-state index contributed by atoms with van der Waals surface area (Å²) in [6.07, 6.45) is 3.93. The highest BCUT2D eigenvalue weighted by atomic mass is 35.5. The first-order chi connectivity index (χ1) is 11.0. The molecule has 2 aromatic rings. The van der Waals surface area contributed by atoms with E-state index in [0.717, 1.165) is 17.7 Å². The molecule has 0 unspecified atom stereocenters. The number of benzene rings is 1. The molecule has 0 radical (unpaired) electrons. The number of amides is 1. The van der Waals surface area contributed by atoms with Crippen LogP contribution in [0.15, 0.2) is 30.6 Å². The van der Waals surface area contributed by atoms with Gasteiger partial charge in [-0.2, -0.15) is 0 Å². The molecule has 0 saturated heterocycles. The van der Waals surface area contributed by atoms with Crippen LogP contribution in [0.2, 0.25) is 5.02 Å². The average molecular weight is 333 g/mol. The Bertz CT molecular complexity index is 671. The highest BCUT2D eigenvalue weighted by Crippen LogP contribution is 2.22. The standard InChI is InChI=1S/C17H21ClN4O/c1-11(2)6-7-19-17(23)15-9-21-16(10-20-15)22-13-5-4-12(3)14(18)8-13/h4-5,8-11H,6-7H2,1-3H3,(H,19,23)(H,21,22). The van der Waals surface area contributed by atoms with E-state index in [1.54, 1.807) is 0 Å². The highest BCUT2D eigenvalue weighted by Gasteiger charge is 2.08. The fourth-order valence-electron chi connectivity index (χ4n) is 1.89. The molecular formula is C17H21ClN4O. The Morgan fingerprint density at radius 3 is 2.65 bits per heavy atom. The summed E-state index contributed by atoms with van der Waals surface area (Å²) in [6.45, 7) is 6.81. The fourth-order valence-corrected chi connectivity index (χ4v) is 2.07. The maximum absolute atomic E-state index is 11.9. The average Bonchev–Trinajstić information content (AvgIpc) is 2.51. The maximum Gasteiger partial charge on any atom is 0.271 e. The molecule has 2 rings (SSSR count). The number of hydrogen-bond acceptors (Lipinski definition) is 4. The van der Waals surface area contributed by atoms with Gasteiger partial charge in [0.25, 0.3) is 5.91 Å². The molecular weight excluding hydrogens is 312 g/mol. The van der Waals surface area contributed by atoms with Gasteiger partial charge in [0, 0.05) is 17.3 Å². The molecule has 0 saturated carbocycles. The van der Waals surface area contributed by atoms with Crippen molar-refractivity contribution in [2.24, 2.45) is 5.92 Å². The Balaban J connectivity index is 1.96. The molecule has 1 heterocycles. The van der Waals surface area contributed by atoms with Crippen molar-refractivity contribution in [1.29, 1.82) is 0 Å². The Morgan fingerprint density at radius 2 is 2.04 bits per heavy atom. The number of nitrogens with one attached hydrogen (secondary N) is 2. The lowest BCUT2D eigenvalue weighted by atomic mass is 10.1. The van der Waals surface area contributed by atoms with E-state index >= 15 is 0 Å². The molecule has 23 heavy (non-hydrogen) atoms. The second-order valence-electron chi connectivity index (χ2n) is 5.81. The number of anilines is 2. The van der Waals surface area contributed by atoms with Crippen LogP contribution in [0, 0.1) is 12.8 Å². The molecule has 0 aliphatic heterocycles. The number of carbonyl (C=O) groups excluding carboxylic acids is 1. The molecule has 1 amide bonds. The predicted molar refractivity (Wildman–Crippen MR) is 93.3 cm³/mol. The van der Waals surface area contributed by atoms with Crippen LogP contribution < -0.4 is 10.6 Å². The molecule has 122 valence electrons. The molecule has 2 N–H and O–H groups in total. The zero-order valence-corrected chi connectivity index (χ0v) is 14.3. The number of aryl methyl sites for hydroxylation is 1. The maximum atomic E-state index is 11.9. The summed E-state index contributed by atoms with van der Waals surface area (Å²) in [5.74, 6) is 0.904. The van der Waals surface area contributed by atoms with Gasteiger partial charge in [0.05, 0.1) is 12.4 Å². The van der Waals surface area contributed by atoms with Crippen molar-refractivity contribution in [2.45, 2.75) is 27.2 Å². The predicted octanol–water partition coefficient (Wildman–Crippen LogP) is 3.96. The molecule has 1 aromatic carbocycles. The molecule has 0 bridgehead atoms. The second-order valence-corrected chi connectivity index (χ2v) is 6.22. The number of aromatic nitrogens is 2. The molecule has 0 fully saturated rings. The Kier molecular flexibility index (Phi) is 5.93. The number of nitrogens with zero attached hydrogens (tertiary/aromatic N) is 2. The minimum Gasteiger partial charge on any atom is -0.351 e. The second kappa shape index (κ2) is 7.92. The van der Waals surface area contributed by atoms with Gasteiger partial charge in [0.1, 0.15) is 11.5 Å². The first-order valence-corrected chi connectivity index (χ1v) is 7.97. The minimum atomic E-state index is -0.205. The van der Waals surface area contributed by atoms with Gasteiger partial charge in [-0.3, -0.25) is 4.79 Å². The lowest BCUT2D eigenvalue weighted by Crippen LogP contribution is -2.26. The van der Waals surface area contributed by atoms with Crippen LogP contribution >= 0.6 is 11.6 Å². The summed E-state index contributed by atoms with van der Waals surface area (Å²) in [5, 5.41) is 6.62. The third kappa shape index (κ3) is 5.21. The number of carbonyl (C=O) groups is 1. The Hall–Kier alpha value is -2.14. The monoisotopic (exact) mass is 332 g/mol. The van der Waals surface area contributed by atoms with Gasteiger partial charge in [0.2, 0.25) is 0 Å². The van der Waals surface area contributed by atoms with E-state index in [9.17, 15) is 4.79 Å². The summed E-state index contributed by atoms with van der Waals surface area (Å²) >= 11 is 6.09. The smallest absolute Gasteiger partial charge is 0.271 e. The van der Waals surface area contributed by atoms with Gasteiger partial charge in [-0.15, -0.1) is 0 Å². The molecule has 6 heteroatoms. The van der Waals surface area contributed by atoms with Gasteiger partial charge in [-0.1, -0.05) is 31.5 Å². The van der Waals surface area contributed by atoms with Gasteiger partial charge in [0.15, 0.2) is 0 Å². The zero-order chi connectivity index (χ0) is 16.8. The summed E-state index contributed by atoms with van der Waals surface area (Å²) < 4.78 is 0. The van der Waals surface area contributed by atoms with Crippen LogP contribution in [-0.4, -0.2) is 22.4 Å². The Labute approximate surface area is 141 Å². The van der Waals surface area contributed by atoms with E-state index in [4.69, 9.17) is 11.6 Å². The van der Waals surface area contributed by atoms with Gasteiger partial charge >= 0.3 is 0 Å². The van der Waals surface area contributed by atoms with E-state index in [2.05, 4.69) is 34.4 Å². The normalized spacial score (nSPS) is 10.7. The first-order valence-electron chi connectivity index (χ1n) is 7.59. The van der Waals surface area contributed by atoms with Gasteiger partial charge < -0.3 is 10.6 Å². The summed E-state index contributed by atoms with van der Waals surface area (Å²) in [7, 11) is 0. The lowest BCUT2D eigenvalue weighted by molar-refractivity contribution is 0.0946. The topological polar surface area (TPSA) is 66.9 Å². The fraction of sp³-hybridized carbons (Fsp3) is 0.353. The molecule has 0 aliphatic rings. The van der Waals surface area contributed by atoms with Gasteiger partial charge in [-0.25, -0.2) is 9.97 Å². The zero-order valence-electron chi connectivity index (χ0n) is 13.6. The molecule has 1 aromatic heterocycles. The number of hydrogen-bond donors (Lipinski definition) is 2. The van der Waals surface area contributed by atoms with Gasteiger partial charge in [-0.05, 0) is 37.0 Å². The van der Waals surface area contributed by atoms with Crippen LogP contribution in [0.3, 0.4) is 0 Å². The van der Waals surface area contributed by atoms with Crippen molar-refractivity contribution >= 4 is 29.0 Å². The molecule has 0 spiro atoms. The van der Waals surface area contributed by atoms with Crippen molar-refractivity contribution in [3.05, 3.63) is 46.9 Å². The number of halogens is 1. The third-order valence-corrected chi connectivity index (χ3v) is 3.74. The SMILES string of the molecule is Cc1ccc(Nc2cnc(C(=O)NCCC(C)C)cn2)cc1Cl. The molecule has 5 nitrogen and oxygen atoms in total. The lowest BCUT2D eigenvalue weighted by Gasteiger charge is -2.08. The first kappa shape index (κ1) is 17.2. The molecule has 0 aliphatic carbocycles. The van der Waals surface area contributed by atoms with Crippen LogP contribution in [-0.2, 0) is 0 Å².